The molecule has 2 aliphatic rings. The van der Waals surface area contributed by atoms with Gasteiger partial charge >= 0.3 is 0 Å². The standard InChI is InChI=1S/C18H23NOS2/c1-12(8-10-15-16(20)19-17(21)22-15)7-9-14-13(2)6-5-11-18(14,3)4/h7-10H,5-6,11H2,1-4H3,(H,19,20,21). The molecule has 0 unspecified atom stereocenters. The molecule has 4 heteroatoms. The molecule has 0 atom stereocenters. The number of carbonyl (C=O) groups is 1. The Kier molecular flexibility index (Phi) is 5.45. The highest BCUT2D eigenvalue weighted by atomic mass is 32.2. The van der Waals surface area contributed by atoms with E-state index in [0.29, 0.717) is 9.23 Å². The SMILES string of the molecule is CC(C=CC1=C(C)CCCC1(C)C)=CC=C1SC(=S)NC1=O. The minimum Gasteiger partial charge on any atom is -0.307 e. The van der Waals surface area contributed by atoms with Crippen LogP contribution in [0, 0.1) is 5.41 Å². The van der Waals surface area contributed by atoms with Crippen molar-refractivity contribution in [3.8, 4) is 0 Å². The van der Waals surface area contributed by atoms with Gasteiger partial charge in [0.2, 0.25) is 0 Å². The zero-order valence-electron chi connectivity index (χ0n) is 13.7. The summed E-state index contributed by atoms with van der Waals surface area (Å²) in [6.07, 6.45) is 11.9. The third kappa shape index (κ3) is 4.20. The average molecular weight is 334 g/mol. The largest absolute Gasteiger partial charge is 0.307 e. The van der Waals surface area contributed by atoms with Crippen LogP contribution in [0.2, 0.25) is 0 Å². The first-order valence-corrected chi connectivity index (χ1v) is 8.82. The lowest BCUT2D eigenvalue weighted by molar-refractivity contribution is -0.115. The predicted molar refractivity (Wildman–Crippen MR) is 99.6 cm³/mol. The van der Waals surface area contributed by atoms with Gasteiger partial charge in [-0.1, -0.05) is 67.2 Å². The van der Waals surface area contributed by atoms with Gasteiger partial charge in [-0.15, -0.1) is 0 Å². The van der Waals surface area contributed by atoms with Crippen molar-refractivity contribution in [2.24, 2.45) is 5.41 Å². The smallest absolute Gasteiger partial charge is 0.263 e. The summed E-state index contributed by atoms with van der Waals surface area (Å²) in [6, 6.07) is 0. The van der Waals surface area contributed by atoms with E-state index in [1.807, 2.05) is 12.2 Å². The lowest BCUT2D eigenvalue weighted by Gasteiger charge is -2.32. The van der Waals surface area contributed by atoms with Crippen molar-refractivity contribution >= 4 is 34.2 Å². The van der Waals surface area contributed by atoms with E-state index in [1.54, 1.807) is 0 Å². The molecule has 0 aromatic carbocycles. The molecule has 2 rings (SSSR count). The second-order valence-corrected chi connectivity index (χ2v) is 8.27. The van der Waals surface area contributed by atoms with E-state index < -0.39 is 0 Å². The van der Waals surface area contributed by atoms with Crippen LogP contribution in [0.4, 0.5) is 0 Å². The Labute approximate surface area is 142 Å². The molecule has 22 heavy (non-hydrogen) atoms. The summed E-state index contributed by atoms with van der Waals surface area (Å²) < 4.78 is 0.530. The highest BCUT2D eigenvalue weighted by molar-refractivity contribution is 8.26. The zero-order chi connectivity index (χ0) is 16.3. The molecule has 1 heterocycles. The second kappa shape index (κ2) is 6.97. The quantitative estimate of drug-likeness (QED) is 0.445. The molecule has 1 amide bonds. The first kappa shape index (κ1) is 17.2. The molecule has 0 spiro atoms. The van der Waals surface area contributed by atoms with Crippen LogP contribution in [0.25, 0.3) is 0 Å². The number of allylic oxidation sites excluding steroid dienone is 7. The number of carbonyl (C=O) groups excluding carboxylic acids is 1. The van der Waals surface area contributed by atoms with Crippen molar-refractivity contribution in [1.82, 2.24) is 5.32 Å². The van der Waals surface area contributed by atoms with Crippen LogP contribution in [-0.2, 0) is 4.79 Å². The third-order valence-electron chi connectivity index (χ3n) is 4.19. The molecule has 0 aromatic rings. The molecule has 1 saturated heterocycles. The number of rotatable bonds is 3. The van der Waals surface area contributed by atoms with Crippen LogP contribution in [0.1, 0.15) is 47.0 Å². The highest BCUT2D eigenvalue weighted by Gasteiger charge is 2.26. The van der Waals surface area contributed by atoms with Crippen LogP contribution in [0.5, 0.6) is 0 Å². The summed E-state index contributed by atoms with van der Waals surface area (Å²) in [5, 5.41) is 2.62. The summed E-state index contributed by atoms with van der Waals surface area (Å²) in [4.78, 5) is 12.2. The predicted octanol–water partition coefficient (Wildman–Crippen LogP) is 5.05. The van der Waals surface area contributed by atoms with Crippen LogP contribution in [-0.4, -0.2) is 10.2 Å². The molecule has 0 saturated carbocycles. The topological polar surface area (TPSA) is 29.1 Å². The number of amides is 1. The number of hydrogen-bond acceptors (Lipinski definition) is 3. The van der Waals surface area contributed by atoms with Gasteiger partial charge in [-0.05, 0) is 50.2 Å². The van der Waals surface area contributed by atoms with Gasteiger partial charge in [-0.3, -0.25) is 4.79 Å². The minimum atomic E-state index is -0.102. The van der Waals surface area contributed by atoms with Gasteiger partial charge in [0.1, 0.15) is 4.32 Å². The first-order valence-electron chi connectivity index (χ1n) is 7.59. The van der Waals surface area contributed by atoms with Crippen molar-refractivity contribution in [1.29, 1.82) is 0 Å². The highest BCUT2D eigenvalue weighted by Crippen LogP contribution is 2.40. The Balaban J connectivity index is 2.13. The first-order chi connectivity index (χ1) is 10.3. The number of nitrogens with one attached hydrogen (secondary N) is 1. The van der Waals surface area contributed by atoms with E-state index >= 15 is 0 Å². The molecule has 0 bridgehead atoms. The molecule has 1 aliphatic carbocycles. The van der Waals surface area contributed by atoms with E-state index in [-0.39, 0.29) is 11.3 Å². The van der Waals surface area contributed by atoms with Crippen molar-refractivity contribution in [2.75, 3.05) is 0 Å². The van der Waals surface area contributed by atoms with Crippen LogP contribution in [0.3, 0.4) is 0 Å². The fourth-order valence-corrected chi connectivity index (χ4v) is 3.91. The van der Waals surface area contributed by atoms with Gasteiger partial charge < -0.3 is 5.32 Å². The Morgan fingerprint density at radius 1 is 1.41 bits per heavy atom. The fraction of sp³-hybridized carbons (Fsp3) is 0.444. The molecular weight excluding hydrogens is 310 g/mol. The van der Waals surface area contributed by atoms with E-state index in [1.165, 1.54) is 42.2 Å². The lowest BCUT2D eigenvalue weighted by Crippen LogP contribution is -2.19. The van der Waals surface area contributed by atoms with Gasteiger partial charge in [0.25, 0.3) is 5.91 Å². The van der Waals surface area contributed by atoms with Gasteiger partial charge in [-0.2, -0.15) is 0 Å². The van der Waals surface area contributed by atoms with Crippen LogP contribution in [0.15, 0.2) is 45.9 Å². The monoisotopic (exact) mass is 333 g/mol. The van der Waals surface area contributed by atoms with Crippen molar-refractivity contribution in [3.05, 3.63) is 45.9 Å². The normalized spacial score (nSPS) is 24.5. The molecule has 1 N–H and O–H groups in total. The van der Waals surface area contributed by atoms with Crippen LogP contribution < -0.4 is 5.32 Å². The van der Waals surface area contributed by atoms with E-state index in [4.69, 9.17) is 12.2 Å². The van der Waals surface area contributed by atoms with Gasteiger partial charge in [-0.25, -0.2) is 0 Å². The molecule has 1 aliphatic heterocycles. The summed E-state index contributed by atoms with van der Waals surface area (Å²) in [7, 11) is 0. The summed E-state index contributed by atoms with van der Waals surface area (Å²) >= 11 is 6.29. The van der Waals surface area contributed by atoms with Crippen molar-refractivity contribution < 1.29 is 4.79 Å². The molecule has 118 valence electrons. The minimum absolute atomic E-state index is 0.102. The van der Waals surface area contributed by atoms with E-state index in [9.17, 15) is 4.79 Å². The third-order valence-corrected chi connectivity index (χ3v) is 5.38. The molecule has 1 fully saturated rings. The van der Waals surface area contributed by atoms with Crippen molar-refractivity contribution in [3.63, 3.8) is 0 Å². The van der Waals surface area contributed by atoms with Crippen LogP contribution >= 0.6 is 24.0 Å². The zero-order valence-corrected chi connectivity index (χ0v) is 15.3. The lowest BCUT2D eigenvalue weighted by atomic mass is 9.72. The van der Waals surface area contributed by atoms with Gasteiger partial charge in [0, 0.05) is 0 Å². The fourth-order valence-electron chi connectivity index (χ4n) is 2.92. The van der Waals surface area contributed by atoms with E-state index in [0.717, 1.165) is 5.57 Å². The average Bonchev–Trinajstić information content (AvgIpc) is 2.73. The molecular formula is C18H23NOS2. The Bertz CT molecular complexity index is 621. The van der Waals surface area contributed by atoms with Gasteiger partial charge in [0.15, 0.2) is 0 Å². The maximum absolute atomic E-state index is 11.6. The molecule has 2 nitrogen and oxygen atoms in total. The summed E-state index contributed by atoms with van der Waals surface area (Å²) in [5.74, 6) is -0.102. The maximum atomic E-state index is 11.6. The molecule has 0 aromatic heterocycles. The second-order valence-electron chi connectivity index (χ2n) is 6.55. The number of hydrogen-bond donors (Lipinski definition) is 1. The van der Waals surface area contributed by atoms with E-state index in [2.05, 4.69) is 45.2 Å². The Hall–Kier alpha value is -1.13. The van der Waals surface area contributed by atoms with Crippen molar-refractivity contribution in [2.45, 2.75) is 47.0 Å². The summed E-state index contributed by atoms with van der Waals surface area (Å²) in [5.41, 5.74) is 4.33. The molecule has 0 radical (unpaired) electrons. The summed E-state index contributed by atoms with van der Waals surface area (Å²) in [6.45, 7) is 8.92. The Morgan fingerprint density at radius 3 is 2.73 bits per heavy atom. The van der Waals surface area contributed by atoms with Gasteiger partial charge in [0.05, 0.1) is 4.91 Å². The maximum Gasteiger partial charge on any atom is 0.263 e. The number of thiocarbonyl (C=S) groups is 1. The Morgan fingerprint density at radius 2 is 2.14 bits per heavy atom. The number of thioether (sulfide) groups is 1.